The maximum Gasteiger partial charge on any atom is 0.173 e. The van der Waals surface area contributed by atoms with E-state index in [0.29, 0.717) is 10.7 Å². The Balaban J connectivity index is 1.99. The van der Waals surface area contributed by atoms with Crippen LogP contribution in [0.5, 0.6) is 0 Å². The first-order chi connectivity index (χ1) is 8.16. The van der Waals surface area contributed by atoms with Gasteiger partial charge in [-0.25, -0.2) is 4.39 Å². The SMILES string of the molecule is Cc1ccc(NC(=S)N2CCCCC2)cc1F. The number of nitrogens with zero attached hydrogens (tertiary/aromatic N) is 1. The topological polar surface area (TPSA) is 15.3 Å². The summed E-state index contributed by atoms with van der Waals surface area (Å²) in [5, 5.41) is 3.80. The van der Waals surface area contributed by atoms with E-state index in [1.54, 1.807) is 13.0 Å². The first kappa shape index (κ1) is 12.3. The molecule has 1 fully saturated rings. The normalized spacial score (nSPS) is 15.8. The maximum atomic E-state index is 13.4. The lowest BCUT2D eigenvalue weighted by molar-refractivity contribution is 0.346. The summed E-state index contributed by atoms with van der Waals surface area (Å²) in [6.45, 7) is 3.75. The smallest absolute Gasteiger partial charge is 0.173 e. The second-order valence-corrected chi connectivity index (χ2v) is 4.83. The Bertz CT molecular complexity index is 414. The van der Waals surface area contributed by atoms with Crippen LogP contribution in [0.2, 0.25) is 0 Å². The number of piperidine rings is 1. The van der Waals surface area contributed by atoms with Gasteiger partial charge >= 0.3 is 0 Å². The Hall–Kier alpha value is -1.16. The van der Waals surface area contributed by atoms with E-state index >= 15 is 0 Å². The molecule has 2 rings (SSSR count). The van der Waals surface area contributed by atoms with Gasteiger partial charge in [0.15, 0.2) is 5.11 Å². The minimum absolute atomic E-state index is 0.198. The highest BCUT2D eigenvalue weighted by molar-refractivity contribution is 7.80. The van der Waals surface area contributed by atoms with Crippen LogP contribution in [-0.4, -0.2) is 23.1 Å². The van der Waals surface area contributed by atoms with Crippen molar-refractivity contribution in [2.45, 2.75) is 26.2 Å². The largest absolute Gasteiger partial charge is 0.349 e. The molecule has 92 valence electrons. The van der Waals surface area contributed by atoms with Crippen LogP contribution in [0.3, 0.4) is 0 Å². The molecule has 4 heteroatoms. The molecule has 0 saturated carbocycles. The Morgan fingerprint density at radius 1 is 1.29 bits per heavy atom. The molecule has 1 aliphatic heterocycles. The van der Waals surface area contributed by atoms with Crippen LogP contribution < -0.4 is 5.32 Å². The Labute approximate surface area is 107 Å². The zero-order chi connectivity index (χ0) is 12.3. The van der Waals surface area contributed by atoms with Crippen molar-refractivity contribution in [2.24, 2.45) is 0 Å². The zero-order valence-corrected chi connectivity index (χ0v) is 10.8. The molecule has 1 heterocycles. The van der Waals surface area contributed by atoms with E-state index in [1.807, 2.05) is 6.07 Å². The Kier molecular flexibility index (Phi) is 3.94. The van der Waals surface area contributed by atoms with E-state index in [9.17, 15) is 4.39 Å². The van der Waals surface area contributed by atoms with Gasteiger partial charge in [-0.3, -0.25) is 0 Å². The van der Waals surface area contributed by atoms with Gasteiger partial charge in [-0.15, -0.1) is 0 Å². The number of halogens is 1. The number of hydrogen-bond acceptors (Lipinski definition) is 1. The van der Waals surface area contributed by atoms with Gasteiger partial charge in [0.05, 0.1) is 0 Å². The van der Waals surface area contributed by atoms with Crippen LogP contribution >= 0.6 is 12.2 Å². The molecule has 1 N–H and O–H groups in total. The molecule has 0 atom stereocenters. The van der Waals surface area contributed by atoms with E-state index in [-0.39, 0.29) is 5.82 Å². The Morgan fingerprint density at radius 3 is 2.65 bits per heavy atom. The van der Waals surface area contributed by atoms with Crippen LogP contribution in [0.4, 0.5) is 10.1 Å². The van der Waals surface area contributed by atoms with Gasteiger partial charge in [-0.1, -0.05) is 6.07 Å². The van der Waals surface area contributed by atoms with Crippen LogP contribution in [0.1, 0.15) is 24.8 Å². The predicted molar refractivity (Wildman–Crippen MR) is 72.8 cm³/mol. The highest BCUT2D eigenvalue weighted by atomic mass is 32.1. The second kappa shape index (κ2) is 5.45. The van der Waals surface area contributed by atoms with Crippen molar-refractivity contribution in [3.8, 4) is 0 Å². The van der Waals surface area contributed by atoms with Crippen LogP contribution in [-0.2, 0) is 0 Å². The number of likely N-dealkylation sites (tertiary alicyclic amines) is 1. The second-order valence-electron chi connectivity index (χ2n) is 4.44. The number of nitrogens with one attached hydrogen (secondary N) is 1. The molecule has 0 amide bonds. The molecule has 1 aromatic carbocycles. The van der Waals surface area contributed by atoms with E-state index in [1.165, 1.54) is 25.3 Å². The number of thiocarbonyl (C=S) groups is 1. The lowest BCUT2D eigenvalue weighted by Crippen LogP contribution is -2.38. The van der Waals surface area contributed by atoms with Crippen LogP contribution in [0.25, 0.3) is 0 Å². The van der Waals surface area contributed by atoms with Crippen molar-refractivity contribution in [1.29, 1.82) is 0 Å². The molecule has 1 aliphatic rings. The van der Waals surface area contributed by atoms with Gasteiger partial charge in [0, 0.05) is 18.8 Å². The molecule has 0 spiro atoms. The van der Waals surface area contributed by atoms with Crippen molar-refractivity contribution >= 4 is 23.0 Å². The minimum atomic E-state index is -0.198. The third kappa shape index (κ3) is 3.16. The summed E-state index contributed by atoms with van der Waals surface area (Å²) < 4.78 is 13.4. The average Bonchev–Trinajstić information content (AvgIpc) is 2.35. The van der Waals surface area contributed by atoms with E-state index in [0.717, 1.165) is 18.8 Å². The molecular formula is C13H17FN2S. The highest BCUT2D eigenvalue weighted by Crippen LogP contribution is 2.15. The first-order valence-corrected chi connectivity index (χ1v) is 6.40. The van der Waals surface area contributed by atoms with Gasteiger partial charge in [0.25, 0.3) is 0 Å². The van der Waals surface area contributed by atoms with Gasteiger partial charge < -0.3 is 10.2 Å². The molecule has 17 heavy (non-hydrogen) atoms. The third-order valence-corrected chi connectivity index (χ3v) is 3.43. The molecule has 1 saturated heterocycles. The average molecular weight is 252 g/mol. The first-order valence-electron chi connectivity index (χ1n) is 5.99. The summed E-state index contributed by atoms with van der Waals surface area (Å²) >= 11 is 5.32. The molecule has 1 aromatic rings. The van der Waals surface area contributed by atoms with E-state index in [2.05, 4.69) is 10.2 Å². The molecule has 0 aromatic heterocycles. The van der Waals surface area contributed by atoms with Crippen LogP contribution in [0.15, 0.2) is 18.2 Å². The quantitative estimate of drug-likeness (QED) is 0.772. The molecule has 2 nitrogen and oxygen atoms in total. The van der Waals surface area contributed by atoms with Crippen molar-refractivity contribution in [3.05, 3.63) is 29.6 Å². The van der Waals surface area contributed by atoms with Gasteiger partial charge in [0.2, 0.25) is 0 Å². The predicted octanol–water partition coefficient (Wildman–Crippen LogP) is 3.32. The highest BCUT2D eigenvalue weighted by Gasteiger charge is 2.13. The number of hydrogen-bond donors (Lipinski definition) is 1. The fourth-order valence-electron chi connectivity index (χ4n) is 1.97. The molecule has 0 aliphatic carbocycles. The standard InChI is InChI=1S/C13H17FN2S/c1-10-5-6-11(9-12(10)14)15-13(17)16-7-3-2-4-8-16/h5-6,9H,2-4,7-8H2,1H3,(H,15,17). The van der Waals surface area contributed by atoms with Gasteiger partial charge in [0.1, 0.15) is 5.82 Å². The molecule has 0 radical (unpaired) electrons. The van der Waals surface area contributed by atoms with Crippen molar-refractivity contribution in [2.75, 3.05) is 18.4 Å². The fraction of sp³-hybridized carbons (Fsp3) is 0.462. The summed E-state index contributed by atoms with van der Waals surface area (Å²) in [7, 11) is 0. The van der Waals surface area contributed by atoms with Crippen molar-refractivity contribution in [1.82, 2.24) is 4.90 Å². The number of rotatable bonds is 1. The summed E-state index contributed by atoms with van der Waals surface area (Å²) in [5.41, 5.74) is 1.38. The van der Waals surface area contributed by atoms with Crippen molar-refractivity contribution in [3.63, 3.8) is 0 Å². The summed E-state index contributed by atoms with van der Waals surface area (Å²) in [6.07, 6.45) is 3.65. The molecule has 0 bridgehead atoms. The molecular weight excluding hydrogens is 235 g/mol. The lowest BCUT2D eigenvalue weighted by Gasteiger charge is -2.29. The van der Waals surface area contributed by atoms with Gasteiger partial charge in [-0.05, 0) is 56.1 Å². The monoisotopic (exact) mass is 252 g/mol. The number of aryl methyl sites for hydroxylation is 1. The van der Waals surface area contributed by atoms with E-state index in [4.69, 9.17) is 12.2 Å². The van der Waals surface area contributed by atoms with Gasteiger partial charge in [-0.2, -0.15) is 0 Å². The zero-order valence-electron chi connectivity index (χ0n) is 10.0. The fourth-order valence-corrected chi connectivity index (χ4v) is 2.27. The minimum Gasteiger partial charge on any atom is -0.349 e. The third-order valence-electron chi connectivity index (χ3n) is 3.07. The maximum absolute atomic E-state index is 13.4. The van der Waals surface area contributed by atoms with Crippen LogP contribution in [0, 0.1) is 12.7 Å². The Morgan fingerprint density at radius 2 is 2.00 bits per heavy atom. The number of benzene rings is 1. The summed E-state index contributed by atoms with van der Waals surface area (Å²) in [6, 6.07) is 5.11. The molecule has 0 unspecified atom stereocenters. The van der Waals surface area contributed by atoms with Crippen molar-refractivity contribution < 1.29 is 4.39 Å². The number of anilines is 1. The lowest BCUT2D eigenvalue weighted by atomic mass is 10.1. The summed E-state index contributed by atoms with van der Waals surface area (Å²) in [4.78, 5) is 2.15. The summed E-state index contributed by atoms with van der Waals surface area (Å²) in [5.74, 6) is -0.198. The van der Waals surface area contributed by atoms with E-state index < -0.39 is 0 Å².